The smallest absolute Gasteiger partial charge is 0.329 e. The van der Waals surface area contributed by atoms with Gasteiger partial charge in [-0.1, -0.05) is 18.2 Å². The Morgan fingerprint density at radius 1 is 1.19 bits per heavy atom. The van der Waals surface area contributed by atoms with E-state index in [0.717, 1.165) is 16.9 Å². The molecule has 0 saturated heterocycles. The van der Waals surface area contributed by atoms with E-state index < -0.39 is 5.97 Å². The number of benzene rings is 1. The largest absolute Gasteiger partial charge is 0.480 e. The highest BCUT2D eigenvalue weighted by atomic mass is 16.5. The van der Waals surface area contributed by atoms with E-state index in [9.17, 15) is 4.79 Å². The Morgan fingerprint density at radius 2 is 2.00 bits per heavy atom. The molecule has 0 atom stereocenters. The molecule has 1 aromatic carbocycles. The van der Waals surface area contributed by atoms with Crippen molar-refractivity contribution in [1.82, 2.24) is 14.5 Å². The zero-order valence-corrected chi connectivity index (χ0v) is 11.1. The fraction of sp³-hybridized carbons (Fsp3) is 0.133. The first kappa shape index (κ1) is 13.3. The highest BCUT2D eigenvalue weighted by molar-refractivity contribution is 5.73. The number of aromatic nitrogens is 3. The molecule has 6 nitrogen and oxygen atoms in total. The van der Waals surface area contributed by atoms with E-state index in [-0.39, 0.29) is 13.2 Å². The summed E-state index contributed by atoms with van der Waals surface area (Å²) in [6.45, 7) is -0.247. The number of aliphatic carboxylic acids is 1. The quantitative estimate of drug-likeness (QED) is 0.775. The average Bonchev–Trinajstić information content (AvgIpc) is 2.86. The van der Waals surface area contributed by atoms with Crippen LogP contribution in [0.15, 0.2) is 48.7 Å². The summed E-state index contributed by atoms with van der Waals surface area (Å²) >= 11 is 0. The lowest BCUT2D eigenvalue weighted by Crippen LogP contribution is -2.10. The number of hydrogen-bond acceptors (Lipinski definition) is 4. The van der Waals surface area contributed by atoms with E-state index in [1.165, 1.54) is 0 Å². The Morgan fingerprint density at radius 3 is 2.76 bits per heavy atom. The molecule has 0 spiro atoms. The summed E-state index contributed by atoms with van der Waals surface area (Å²) < 4.78 is 7.03. The molecule has 0 aliphatic rings. The van der Waals surface area contributed by atoms with Gasteiger partial charge in [-0.15, -0.1) is 0 Å². The maximum Gasteiger partial charge on any atom is 0.329 e. The number of imidazole rings is 1. The second-order valence-corrected chi connectivity index (χ2v) is 4.43. The summed E-state index contributed by atoms with van der Waals surface area (Å²) in [6, 6.07) is 13.3. The standard InChI is InChI=1S/C15H13N3O3/c19-14(20)10-21-9-13-17-12-7-4-8-16-15(12)18(13)11-5-2-1-3-6-11/h1-8H,9-10H2,(H,19,20). The van der Waals surface area contributed by atoms with E-state index in [2.05, 4.69) is 9.97 Å². The molecule has 0 aliphatic heterocycles. The minimum absolute atomic E-state index is 0.109. The highest BCUT2D eigenvalue weighted by Gasteiger charge is 2.13. The Bertz CT molecular complexity index is 768. The van der Waals surface area contributed by atoms with Crippen LogP contribution in [0.25, 0.3) is 16.9 Å². The second-order valence-electron chi connectivity index (χ2n) is 4.43. The van der Waals surface area contributed by atoms with Crippen LogP contribution >= 0.6 is 0 Å². The van der Waals surface area contributed by atoms with Gasteiger partial charge in [-0.3, -0.25) is 4.57 Å². The molecule has 106 valence electrons. The first-order chi connectivity index (χ1) is 10.3. The summed E-state index contributed by atoms with van der Waals surface area (Å²) in [7, 11) is 0. The number of pyridine rings is 1. The van der Waals surface area contributed by atoms with Gasteiger partial charge in [-0.2, -0.15) is 0 Å². The third-order valence-electron chi connectivity index (χ3n) is 2.96. The minimum Gasteiger partial charge on any atom is -0.480 e. The van der Waals surface area contributed by atoms with E-state index >= 15 is 0 Å². The van der Waals surface area contributed by atoms with E-state index in [1.54, 1.807) is 6.20 Å². The van der Waals surface area contributed by atoms with Crippen molar-refractivity contribution in [1.29, 1.82) is 0 Å². The van der Waals surface area contributed by atoms with Gasteiger partial charge >= 0.3 is 5.97 Å². The van der Waals surface area contributed by atoms with Crippen molar-refractivity contribution in [2.45, 2.75) is 6.61 Å². The highest BCUT2D eigenvalue weighted by Crippen LogP contribution is 2.20. The average molecular weight is 283 g/mol. The van der Waals surface area contributed by atoms with Crippen LogP contribution < -0.4 is 0 Å². The number of rotatable bonds is 5. The van der Waals surface area contributed by atoms with E-state index in [1.807, 2.05) is 47.0 Å². The molecule has 0 aliphatic carbocycles. The van der Waals surface area contributed by atoms with Gasteiger partial charge in [0, 0.05) is 11.9 Å². The molecule has 6 heteroatoms. The number of carbonyl (C=O) groups is 1. The molecule has 0 unspecified atom stereocenters. The number of carboxylic acid groups (broad SMARTS) is 1. The van der Waals surface area contributed by atoms with E-state index in [4.69, 9.17) is 9.84 Å². The van der Waals surface area contributed by atoms with Gasteiger partial charge < -0.3 is 9.84 Å². The molecule has 2 heterocycles. The van der Waals surface area contributed by atoms with Crippen LogP contribution in [0.4, 0.5) is 0 Å². The minimum atomic E-state index is -1.00. The number of para-hydroxylation sites is 1. The summed E-state index contributed by atoms with van der Waals surface area (Å²) in [5.74, 6) is -0.383. The third kappa shape index (κ3) is 2.75. The lowest BCUT2D eigenvalue weighted by molar-refractivity contribution is -0.142. The summed E-state index contributed by atoms with van der Waals surface area (Å²) in [4.78, 5) is 19.4. The van der Waals surface area contributed by atoms with Gasteiger partial charge in [0.2, 0.25) is 0 Å². The van der Waals surface area contributed by atoms with Gasteiger partial charge in [0.15, 0.2) is 5.65 Å². The molecule has 0 saturated carbocycles. The number of nitrogens with zero attached hydrogens (tertiary/aromatic N) is 3. The molecule has 1 N–H and O–H groups in total. The van der Waals surface area contributed by atoms with Crippen LogP contribution in [0.1, 0.15) is 5.82 Å². The molecule has 21 heavy (non-hydrogen) atoms. The topological polar surface area (TPSA) is 77.2 Å². The Balaban J connectivity index is 2.04. The summed E-state index contributed by atoms with van der Waals surface area (Å²) in [5.41, 5.74) is 2.38. The molecular weight excluding hydrogens is 270 g/mol. The monoisotopic (exact) mass is 283 g/mol. The summed E-state index contributed by atoms with van der Waals surface area (Å²) in [6.07, 6.45) is 1.70. The fourth-order valence-corrected chi connectivity index (χ4v) is 2.13. The normalized spacial score (nSPS) is 10.9. The van der Waals surface area contributed by atoms with Crippen LogP contribution in [0.5, 0.6) is 0 Å². The number of fused-ring (bicyclic) bond motifs is 1. The van der Waals surface area contributed by atoms with Crippen LogP contribution in [0.2, 0.25) is 0 Å². The second kappa shape index (κ2) is 5.72. The lowest BCUT2D eigenvalue weighted by atomic mass is 10.3. The van der Waals surface area contributed by atoms with Gasteiger partial charge in [-0.25, -0.2) is 14.8 Å². The van der Waals surface area contributed by atoms with E-state index in [0.29, 0.717) is 5.82 Å². The first-order valence-electron chi connectivity index (χ1n) is 6.43. The van der Waals surface area contributed by atoms with Gasteiger partial charge in [-0.05, 0) is 24.3 Å². The zero-order valence-electron chi connectivity index (χ0n) is 11.1. The van der Waals surface area contributed by atoms with Crippen molar-refractivity contribution >= 4 is 17.1 Å². The van der Waals surface area contributed by atoms with Crippen LogP contribution in [0, 0.1) is 0 Å². The fourth-order valence-electron chi connectivity index (χ4n) is 2.13. The maximum atomic E-state index is 10.6. The number of carboxylic acids is 1. The predicted octanol–water partition coefficient (Wildman–Crippen LogP) is 2.02. The van der Waals surface area contributed by atoms with Gasteiger partial charge in [0.05, 0.1) is 0 Å². The molecule has 3 aromatic rings. The van der Waals surface area contributed by atoms with Crippen molar-refractivity contribution in [3.8, 4) is 5.69 Å². The van der Waals surface area contributed by atoms with Gasteiger partial charge in [0.1, 0.15) is 24.6 Å². The maximum absolute atomic E-state index is 10.6. The number of hydrogen-bond donors (Lipinski definition) is 1. The molecule has 2 aromatic heterocycles. The third-order valence-corrected chi connectivity index (χ3v) is 2.96. The molecule has 0 amide bonds. The van der Waals surface area contributed by atoms with Crippen LogP contribution in [-0.2, 0) is 16.1 Å². The lowest BCUT2D eigenvalue weighted by Gasteiger charge is -2.08. The molecular formula is C15H13N3O3. The Hall–Kier alpha value is -2.73. The first-order valence-corrected chi connectivity index (χ1v) is 6.43. The van der Waals surface area contributed by atoms with Crippen LogP contribution in [-0.4, -0.2) is 32.2 Å². The zero-order chi connectivity index (χ0) is 14.7. The van der Waals surface area contributed by atoms with Gasteiger partial charge in [0.25, 0.3) is 0 Å². The van der Waals surface area contributed by atoms with Crippen molar-refractivity contribution < 1.29 is 14.6 Å². The predicted molar refractivity (Wildman–Crippen MR) is 76.2 cm³/mol. The molecule has 0 fully saturated rings. The molecule has 0 radical (unpaired) electrons. The molecule has 3 rings (SSSR count). The van der Waals surface area contributed by atoms with Crippen LogP contribution in [0.3, 0.4) is 0 Å². The SMILES string of the molecule is O=C(O)COCc1nc2cccnc2n1-c1ccccc1. The Labute approximate surface area is 120 Å². The summed E-state index contributed by atoms with van der Waals surface area (Å²) in [5, 5.41) is 8.65. The Kier molecular flexibility index (Phi) is 3.61. The van der Waals surface area contributed by atoms with Crippen molar-refractivity contribution in [3.63, 3.8) is 0 Å². The molecule has 0 bridgehead atoms. The van der Waals surface area contributed by atoms with Crippen molar-refractivity contribution in [3.05, 3.63) is 54.5 Å². The van der Waals surface area contributed by atoms with Crippen molar-refractivity contribution in [2.75, 3.05) is 6.61 Å². The van der Waals surface area contributed by atoms with Crippen molar-refractivity contribution in [2.24, 2.45) is 0 Å². The number of ether oxygens (including phenoxy) is 1.